The summed E-state index contributed by atoms with van der Waals surface area (Å²) in [5.41, 5.74) is 1.59. The largest absolute Gasteiger partial charge is 0.361 e. The third kappa shape index (κ3) is 2.30. The number of nitrogens with one attached hydrogen (secondary N) is 3. The van der Waals surface area contributed by atoms with E-state index < -0.39 is 0 Å². The van der Waals surface area contributed by atoms with Gasteiger partial charge in [-0.25, -0.2) is 4.68 Å². The van der Waals surface area contributed by atoms with Crippen molar-refractivity contribution in [2.24, 2.45) is 0 Å². The Bertz CT molecular complexity index is 1240. The molecule has 0 saturated carbocycles. The molecule has 0 unspecified atom stereocenters. The first-order chi connectivity index (χ1) is 11.7. The first kappa shape index (κ1) is 14.6. The van der Waals surface area contributed by atoms with Crippen molar-refractivity contribution in [2.45, 2.75) is 13.3 Å². The summed E-state index contributed by atoms with van der Waals surface area (Å²) in [5.74, 6) is 0. The Balaban J connectivity index is 2.04. The Morgan fingerprint density at radius 3 is 3.04 bits per heavy atom. The summed E-state index contributed by atoms with van der Waals surface area (Å²) in [6, 6.07) is 7.86. The summed E-state index contributed by atoms with van der Waals surface area (Å²) >= 11 is 1.37. The maximum absolute atomic E-state index is 12.4. The number of H-pyrrole nitrogens is 2. The second-order valence-corrected chi connectivity index (χ2v) is 6.43. The zero-order chi connectivity index (χ0) is 16.7. The van der Waals surface area contributed by atoms with Crippen molar-refractivity contribution in [3.8, 4) is 5.13 Å². The molecule has 3 heterocycles. The predicted molar refractivity (Wildman–Crippen MR) is 95.0 cm³/mol. The van der Waals surface area contributed by atoms with Crippen LogP contribution in [0, 0.1) is 5.41 Å². The van der Waals surface area contributed by atoms with Crippen molar-refractivity contribution in [3.63, 3.8) is 0 Å². The van der Waals surface area contributed by atoms with Crippen LogP contribution < -0.4 is 20.9 Å². The minimum Gasteiger partial charge on any atom is -0.361 e. The quantitative estimate of drug-likeness (QED) is 0.510. The van der Waals surface area contributed by atoms with Gasteiger partial charge in [0.1, 0.15) is 4.66 Å². The Kier molecular flexibility index (Phi) is 3.42. The number of hydrogen-bond acceptors (Lipinski definition) is 4. The molecule has 120 valence electrons. The molecular weight excluding hydrogens is 322 g/mol. The highest BCUT2D eigenvalue weighted by Gasteiger charge is 2.10. The number of para-hydroxylation sites is 1. The van der Waals surface area contributed by atoms with Crippen LogP contribution in [-0.2, 0) is 0 Å². The number of aromatic nitrogens is 4. The third-order valence-electron chi connectivity index (χ3n) is 3.83. The first-order valence-corrected chi connectivity index (χ1v) is 8.43. The topological polar surface area (TPSA) is 90.3 Å². The second-order valence-electron chi connectivity index (χ2n) is 5.42. The van der Waals surface area contributed by atoms with Crippen molar-refractivity contribution in [2.75, 3.05) is 0 Å². The van der Waals surface area contributed by atoms with Crippen molar-refractivity contribution in [3.05, 3.63) is 61.7 Å². The fourth-order valence-corrected chi connectivity index (χ4v) is 3.63. The van der Waals surface area contributed by atoms with Crippen molar-refractivity contribution < 1.29 is 0 Å². The fraction of sp³-hybridized carbons (Fsp3) is 0.118. The summed E-state index contributed by atoms with van der Waals surface area (Å²) in [5, 5.41) is 13.3. The number of benzene rings is 1. The van der Waals surface area contributed by atoms with E-state index in [1.54, 1.807) is 10.8 Å². The average molecular weight is 337 g/mol. The van der Waals surface area contributed by atoms with E-state index in [9.17, 15) is 4.79 Å². The molecule has 0 saturated heterocycles. The monoisotopic (exact) mass is 337 g/mol. The normalized spacial score (nSPS) is 13.4. The number of nitrogens with zero attached hydrogens (tertiary/aromatic N) is 2. The number of fused-ring (bicyclic) bond motifs is 2. The van der Waals surface area contributed by atoms with Crippen LogP contribution in [0.25, 0.3) is 28.2 Å². The smallest absolute Gasteiger partial charge is 0.283 e. The molecule has 0 amide bonds. The van der Waals surface area contributed by atoms with Gasteiger partial charge in [-0.15, -0.1) is 0 Å². The SMILES string of the molecule is CCC=c1[nH]n2c(=N)c(=Cc3c[nH]c4ccccc34)c(=O)nc-2s1. The van der Waals surface area contributed by atoms with Crippen LogP contribution in [0.5, 0.6) is 0 Å². The molecule has 7 heteroatoms. The molecule has 0 fully saturated rings. The van der Waals surface area contributed by atoms with Gasteiger partial charge < -0.3 is 4.98 Å². The fourth-order valence-electron chi connectivity index (χ4n) is 2.69. The van der Waals surface area contributed by atoms with Crippen molar-refractivity contribution in [1.82, 2.24) is 19.7 Å². The Hall–Kier alpha value is -2.93. The van der Waals surface area contributed by atoms with E-state index in [4.69, 9.17) is 5.41 Å². The van der Waals surface area contributed by atoms with Crippen LogP contribution in [0.3, 0.4) is 0 Å². The molecule has 6 nitrogen and oxygen atoms in total. The van der Waals surface area contributed by atoms with Crippen LogP contribution in [0.4, 0.5) is 0 Å². The summed E-state index contributed by atoms with van der Waals surface area (Å²) in [6.45, 7) is 2.03. The van der Waals surface area contributed by atoms with Crippen LogP contribution in [0.1, 0.15) is 18.9 Å². The lowest BCUT2D eigenvalue weighted by molar-refractivity contribution is 0.750. The van der Waals surface area contributed by atoms with Gasteiger partial charge in [0.15, 0.2) is 5.49 Å². The van der Waals surface area contributed by atoms with Gasteiger partial charge in [0, 0.05) is 22.7 Å². The van der Waals surface area contributed by atoms with Crippen LogP contribution in [0.15, 0.2) is 35.3 Å². The highest BCUT2D eigenvalue weighted by atomic mass is 32.1. The van der Waals surface area contributed by atoms with E-state index in [2.05, 4.69) is 15.1 Å². The van der Waals surface area contributed by atoms with Gasteiger partial charge in [0.25, 0.3) is 5.56 Å². The lowest BCUT2D eigenvalue weighted by Crippen LogP contribution is -2.47. The first-order valence-electron chi connectivity index (χ1n) is 7.62. The molecule has 0 aliphatic carbocycles. The van der Waals surface area contributed by atoms with Gasteiger partial charge in [0.05, 0.1) is 5.22 Å². The third-order valence-corrected chi connectivity index (χ3v) is 4.77. The van der Waals surface area contributed by atoms with Crippen molar-refractivity contribution >= 4 is 34.4 Å². The Morgan fingerprint density at radius 2 is 2.21 bits per heavy atom. The van der Waals surface area contributed by atoms with E-state index in [-0.39, 0.29) is 16.3 Å². The minimum absolute atomic E-state index is 0.113. The maximum atomic E-state index is 12.4. The van der Waals surface area contributed by atoms with E-state index in [0.29, 0.717) is 5.13 Å². The molecule has 2 aliphatic heterocycles. The van der Waals surface area contributed by atoms with Gasteiger partial charge in [-0.05, 0) is 24.6 Å². The van der Waals surface area contributed by atoms with E-state index >= 15 is 0 Å². The zero-order valence-corrected chi connectivity index (χ0v) is 13.8. The van der Waals surface area contributed by atoms with Gasteiger partial charge in [-0.1, -0.05) is 36.5 Å². The van der Waals surface area contributed by atoms with Gasteiger partial charge in [-0.3, -0.25) is 15.3 Å². The highest BCUT2D eigenvalue weighted by Crippen LogP contribution is 2.17. The number of aromatic amines is 2. The van der Waals surface area contributed by atoms with Crippen LogP contribution in [0.2, 0.25) is 0 Å². The number of rotatable bonds is 2. The molecule has 24 heavy (non-hydrogen) atoms. The van der Waals surface area contributed by atoms with Crippen molar-refractivity contribution in [1.29, 1.82) is 5.41 Å². The molecular formula is C17H15N5OS. The van der Waals surface area contributed by atoms with Crippen LogP contribution >= 0.6 is 11.3 Å². The molecule has 0 atom stereocenters. The predicted octanol–water partition coefficient (Wildman–Crippen LogP) is 1.04. The average Bonchev–Trinajstić information content (AvgIpc) is 3.16. The molecule has 1 aromatic carbocycles. The molecule has 2 aliphatic rings. The highest BCUT2D eigenvalue weighted by molar-refractivity contribution is 7.11. The Labute approximate surface area is 140 Å². The standard InChI is InChI=1S/C17H15N5OS/c1-2-5-14-21-22-15(18)12(16(23)20-17(22)24-14)8-10-9-19-13-7-4-3-6-11(10)13/h3-9,18-19,21H,2H2,1H3. The molecule has 4 rings (SSSR count). The second kappa shape index (κ2) is 5.61. The van der Waals surface area contributed by atoms with E-state index in [0.717, 1.165) is 27.6 Å². The lowest BCUT2D eigenvalue weighted by Gasteiger charge is -1.99. The molecule has 0 spiro atoms. The van der Waals surface area contributed by atoms with Gasteiger partial charge in [-0.2, -0.15) is 4.98 Å². The summed E-state index contributed by atoms with van der Waals surface area (Å²) in [4.78, 5) is 19.7. The number of hydrogen-bond donors (Lipinski definition) is 3. The Morgan fingerprint density at radius 1 is 1.38 bits per heavy atom. The molecule has 2 aromatic rings. The van der Waals surface area contributed by atoms with Gasteiger partial charge >= 0.3 is 0 Å². The maximum Gasteiger partial charge on any atom is 0.283 e. The van der Waals surface area contributed by atoms with Crippen LogP contribution in [-0.4, -0.2) is 19.7 Å². The molecule has 0 radical (unpaired) electrons. The van der Waals surface area contributed by atoms with E-state index in [1.165, 1.54) is 11.3 Å². The molecule has 3 N–H and O–H groups in total. The van der Waals surface area contributed by atoms with E-state index in [1.807, 2.05) is 43.5 Å². The summed E-state index contributed by atoms with van der Waals surface area (Å²) < 4.78 is 2.44. The molecule has 0 bridgehead atoms. The minimum atomic E-state index is -0.386. The summed E-state index contributed by atoms with van der Waals surface area (Å²) in [7, 11) is 0. The van der Waals surface area contributed by atoms with Gasteiger partial charge in [0.2, 0.25) is 5.13 Å². The molecule has 1 aromatic heterocycles. The zero-order valence-electron chi connectivity index (χ0n) is 13.0. The summed E-state index contributed by atoms with van der Waals surface area (Å²) in [6.07, 6.45) is 6.44. The lowest BCUT2D eigenvalue weighted by atomic mass is 10.1.